The molecule has 0 N–H and O–H groups in total. The second-order valence-electron chi connectivity index (χ2n) is 9.89. The number of allylic oxidation sites excluding steroid dienone is 8. The summed E-state index contributed by atoms with van der Waals surface area (Å²) in [6.45, 7) is 14.2. The van der Waals surface area contributed by atoms with E-state index in [2.05, 4.69) is 136 Å². The molecule has 0 bridgehead atoms. The first-order valence-electron chi connectivity index (χ1n) is 11.2. The molecule has 34 heavy (non-hydrogen) atoms. The SMILES string of the molecule is C[Si](C)(C)C1=CC[C-]=C1.C[Si](C)(C)C1=CC[C-]=C1.Cl.Cl.[Zr+2].c1ccc([SiH]c2ccccc2)cc1. The van der Waals surface area contributed by atoms with Crippen LogP contribution in [0, 0.1) is 12.2 Å². The summed E-state index contributed by atoms with van der Waals surface area (Å²) in [6, 6.07) is 21.3. The summed E-state index contributed by atoms with van der Waals surface area (Å²) < 4.78 is 0. The van der Waals surface area contributed by atoms with Gasteiger partial charge >= 0.3 is 26.2 Å². The van der Waals surface area contributed by atoms with Crippen molar-refractivity contribution in [3.05, 3.63) is 108 Å². The zero-order chi connectivity index (χ0) is 22.7. The Morgan fingerprint density at radius 2 is 0.912 bits per heavy atom. The molecule has 2 aliphatic rings. The van der Waals surface area contributed by atoms with Gasteiger partial charge < -0.3 is 0 Å². The molecule has 1 radical (unpaired) electrons. The molecule has 0 heterocycles. The van der Waals surface area contributed by atoms with Crippen molar-refractivity contribution in [1.82, 2.24) is 0 Å². The normalized spacial score (nSPS) is 13.5. The van der Waals surface area contributed by atoms with Crippen molar-refractivity contribution in [2.24, 2.45) is 0 Å². The van der Waals surface area contributed by atoms with Crippen LogP contribution in [0.5, 0.6) is 0 Å². The van der Waals surface area contributed by atoms with Crippen LogP contribution in [0.1, 0.15) is 12.8 Å². The molecular formula is C28H39Cl2Si3Zr. The van der Waals surface area contributed by atoms with E-state index in [1.807, 2.05) is 0 Å². The van der Waals surface area contributed by atoms with E-state index in [9.17, 15) is 0 Å². The monoisotopic (exact) mass is 619 g/mol. The predicted molar refractivity (Wildman–Crippen MR) is 162 cm³/mol. The van der Waals surface area contributed by atoms with Gasteiger partial charge in [0.05, 0.1) is 0 Å². The molecule has 0 saturated heterocycles. The van der Waals surface area contributed by atoms with E-state index in [0.29, 0.717) is 0 Å². The number of hydrogen-bond acceptors (Lipinski definition) is 0. The van der Waals surface area contributed by atoms with E-state index in [1.54, 1.807) is 10.4 Å². The minimum absolute atomic E-state index is 0. The summed E-state index contributed by atoms with van der Waals surface area (Å²) in [5.74, 6) is 0. The molecule has 6 heteroatoms. The van der Waals surface area contributed by atoms with Crippen LogP contribution >= 0.6 is 24.8 Å². The first-order valence-corrected chi connectivity index (χ1v) is 19.3. The molecule has 2 aromatic rings. The van der Waals surface area contributed by atoms with Crippen LogP contribution in [0.15, 0.2) is 95.4 Å². The summed E-state index contributed by atoms with van der Waals surface area (Å²) in [4.78, 5) is 0. The molecule has 2 aliphatic carbocycles. The van der Waals surface area contributed by atoms with Crippen molar-refractivity contribution in [3.8, 4) is 0 Å². The summed E-state index contributed by atoms with van der Waals surface area (Å²) in [5.41, 5.74) is 0. The fourth-order valence-electron chi connectivity index (χ4n) is 3.13. The Bertz CT molecular complexity index is 846. The third-order valence-corrected chi connectivity index (χ3v) is 10.7. The molecule has 4 rings (SSSR count). The Balaban J connectivity index is 0. The topological polar surface area (TPSA) is 0 Å². The Morgan fingerprint density at radius 1 is 0.588 bits per heavy atom. The Labute approximate surface area is 244 Å². The van der Waals surface area contributed by atoms with Crippen molar-refractivity contribution in [2.45, 2.75) is 52.1 Å². The molecule has 2 aromatic carbocycles. The van der Waals surface area contributed by atoms with Gasteiger partial charge in [-0.05, 0) is 16.1 Å². The standard InChI is InChI=1S/C12H11Si.2C8H13Si.2ClH.Zr/c1-3-7-11(8-4-1)13-12-9-5-2-6-10-12;2*1-9(2,3)8-6-4-5-7-8;;;/h1-10,13H;2*6-7H,4H2,1-3H3;2*1H;/q;2*-1;;;+2. The molecule has 0 fully saturated rings. The molecule has 0 amide bonds. The molecule has 0 atom stereocenters. The molecule has 181 valence electrons. The van der Waals surface area contributed by atoms with Crippen molar-refractivity contribution >= 4 is 60.9 Å². The molecule has 0 spiro atoms. The van der Waals surface area contributed by atoms with Crippen LogP contribution in [0.2, 0.25) is 39.3 Å². The summed E-state index contributed by atoms with van der Waals surface area (Å²) in [6.07, 6.45) is 17.4. The van der Waals surface area contributed by atoms with Gasteiger partial charge in [-0.3, -0.25) is 12.2 Å². The third kappa shape index (κ3) is 14.2. The number of halogens is 2. The van der Waals surface area contributed by atoms with Gasteiger partial charge in [0.1, 0.15) is 9.52 Å². The molecule has 0 saturated carbocycles. The van der Waals surface area contributed by atoms with Crippen LogP contribution < -0.4 is 10.4 Å². The van der Waals surface area contributed by atoms with Gasteiger partial charge in [-0.1, -0.05) is 110 Å². The van der Waals surface area contributed by atoms with Crippen LogP contribution in [0.3, 0.4) is 0 Å². The molecule has 0 nitrogen and oxygen atoms in total. The fourth-order valence-corrected chi connectivity index (χ4v) is 6.84. The molecule has 0 aliphatic heterocycles. The summed E-state index contributed by atoms with van der Waals surface area (Å²) in [7, 11) is -1.69. The van der Waals surface area contributed by atoms with Gasteiger partial charge in [-0.15, -0.1) is 37.7 Å². The molecule has 0 unspecified atom stereocenters. The van der Waals surface area contributed by atoms with E-state index in [1.165, 1.54) is 10.4 Å². The quantitative estimate of drug-likeness (QED) is 0.254. The predicted octanol–water partition coefficient (Wildman–Crippen LogP) is 7.02. The average Bonchev–Trinajstić information content (AvgIpc) is 3.44. The maximum atomic E-state index is 3.20. The maximum absolute atomic E-state index is 3.20. The van der Waals surface area contributed by atoms with E-state index >= 15 is 0 Å². The van der Waals surface area contributed by atoms with Gasteiger partial charge in [0, 0.05) is 0 Å². The molecular weight excluding hydrogens is 583 g/mol. The summed E-state index contributed by atoms with van der Waals surface area (Å²) in [5, 5.41) is 6.02. The second kappa shape index (κ2) is 17.9. The van der Waals surface area contributed by atoms with Gasteiger partial charge in [0.2, 0.25) is 0 Å². The molecule has 0 aromatic heterocycles. The van der Waals surface area contributed by atoms with Gasteiger partial charge in [-0.25, -0.2) is 22.5 Å². The largest absolute Gasteiger partial charge is 2.00 e. The first-order chi connectivity index (χ1) is 14.7. The van der Waals surface area contributed by atoms with Crippen molar-refractivity contribution in [2.75, 3.05) is 0 Å². The third-order valence-electron chi connectivity index (χ3n) is 5.06. The van der Waals surface area contributed by atoms with Crippen LogP contribution in [0.4, 0.5) is 0 Å². The minimum atomic E-state index is -0.981. The number of rotatable bonds is 4. The zero-order valence-electron chi connectivity index (χ0n) is 21.4. The summed E-state index contributed by atoms with van der Waals surface area (Å²) >= 11 is 0. The van der Waals surface area contributed by atoms with Crippen LogP contribution in [-0.2, 0) is 26.2 Å². The van der Waals surface area contributed by atoms with Crippen molar-refractivity contribution in [1.29, 1.82) is 0 Å². The van der Waals surface area contributed by atoms with Gasteiger partial charge in [0.25, 0.3) is 0 Å². The smallest absolute Gasteiger partial charge is 0.273 e. The van der Waals surface area contributed by atoms with Gasteiger partial charge in [-0.2, -0.15) is 12.2 Å². The van der Waals surface area contributed by atoms with Crippen LogP contribution in [-0.4, -0.2) is 25.7 Å². The minimum Gasteiger partial charge on any atom is -0.273 e. The Hall–Kier alpha value is -0.486. The fraction of sp³-hybridized carbons (Fsp3) is 0.286. The van der Waals surface area contributed by atoms with E-state index < -0.39 is 16.1 Å². The number of benzene rings is 2. The Kier molecular flexibility index (Phi) is 18.7. The Morgan fingerprint density at radius 3 is 1.12 bits per heavy atom. The second-order valence-corrected chi connectivity index (χ2v) is 21.7. The van der Waals surface area contributed by atoms with E-state index in [0.717, 1.165) is 12.8 Å². The first kappa shape index (κ1) is 35.7. The number of hydrogen-bond donors (Lipinski definition) is 0. The van der Waals surface area contributed by atoms with Crippen molar-refractivity contribution in [3.63, 3.8) is 0 Å². The maximum Gasteiger partial charge on any atom is 2.00 e. The average molecular weight is 622 g/mol. The van der Waals surface area contributed by atoms with Gasteiger partial charge in [0.15, 0.2) is 0 Å². The van der Waals surface area contributed by atoms with E-state index in [4.69, 9.17) is 0 Å². The van der Waals surface area contributed by atoms with E-state index in [-0.39, 0.29) is 60.5 Å². The zero-order valence-corrected chi connectivity index (χ0v) is 28.6. The van der Waals surface area contributed by atoms with Crippen LogP contribution in [0.25, 0.3) is 0 Å². The van der Waals surface area contributed by atoms with Crippen molar-refractivity contribution < 1.29 is 26.2 Å².